The van der Waals surface area contributed by atoms with Crippen LogP contribution in [0.2, 0.25) is 0 Å². The van der Waals surface area contributed by atoms with Gasteiger partial charge in [0.05, 0.1) is 6.10 Å². The molecule has 1 fully saturated rings. The van der Waals surface area contributed by atoms with Crippen LogP contribution in [0.15, 0.2) is 18.2 Å². The first-order chi connectivity index (χ1) is 10.3. The summed E-state index contributed by atoms with van der Waals surface area (Å²) < 4.78 is 6.40. The van der Waals surface area contributed by atoms with Gasteiger partial charge in [-0.3, -0.25) is 0 Å². The Morgan fingerprint density at radius 2 is 1.95 bits per heavy atom. The number of ether oxygens (including phenoxy) is 1. The van der Waals surface area contributed by atoms with Crippen LogP contribution in [-0.2, 0) is 6.42 Å². The first-order valence-corrected chi connectivity index (χ1v) is 8.79. The predicted molar refractivity (Wildman–Crippen MR) is 87.8 cm³/mol. The maximum absolute atomic E-state index is 6.40. The van der Waals surface area contributed by atoms with E-state index in [4.69, 9.17) is 4.74 Å². The van der Waals surface area contributed by atoms with Crippen LogP contribution in [-0.4, -0.2) is 12.6 Å². The minimum Gasteiger partial charge on any atom is -0.490 e. The van der Waals surface area contributed by atoms with Crippen molar-refractivity contribution in [3.05, 3.63) is 29.3 Å². The van der Waals surface area contributed by atoms with Crippen molar-refractivity contribution in [2.24, 2.45) is 5.92 Å². The Morgan fingerprint density at radius 3 is 2.71 bits per heavy atom. The van der Waals surface area contributed by atoms with Gasteiger partial charge in [0, 0.05) is 6.04 Å². The lowest BCUT2D eigenvalue weighted by Crippen LogP contribution is -2.27. The number of nitrogens with one attached hydrogen (secondary N) is 1. The van der Waals surface area contributed by atoms with Crippen LogP contribution < -0.4 is 10.1 Å². The highest BCUT2D eigenvalue weighted by Crippen LogP contribution is 2.37. The molecule has 0 spiro atoms. The van der Waals surface area contributed by atoms with Crippen molar-refractivity contribution in [2.45, 2.75) is 70.9 Å². The highest BCUT2D eigenvalue weighted by Gasteiger charge is 2.25. The molecule has 0 bridgehead atoms. The molecule has 0 radical (unpaired) electrons. The van der Waals surface area contributed by atoms with Gasteiger partial charge in [0.25, 0.3) is 0 Å². The van der Waals surface area contributed by atoms with Gasteiger partial charge >= 0.3 is 0 Å². The molecule has 2 nitrogen and oxygen atoms in total. The summed E-state index contributed by atoms with van der Waals surface area (Å²) in [5.74, 6) is 2.04. The van der Waals surface area contributed by atoms with Gasteiger partial charge in [-0.25, -0.2) is 0 Å². The fourth-order valence-electron chi connectivity index (χ4n) is 3.91. The maximum atomic E-state index is 6.40. The maximum Gasteiger partial charge on any atom is 0.123 e. The van der Waals surface area contributed by atoms with E-state index in [1.54, 1.807) is 0 Å². The smallest absolute Gasteiger partial charge is 0.123 e. The van der Waals surface area contributed by atoms with Gasteiger partial charge < -0.3 is 10.1 Å². The summed E-state index contributed by atoms with van der Waals surface area (Å²) in [7, 11) is 0. The molecule has 1 aromatic carbocycles. The van der Waals surface area contributed by atoms with E-state index < -0.39 is 0 Å². The largest absolute Gasteiger partial charge is 0.490 e. The van der Waals surface area contributed by atoms with Crippen molar-refractivity contribution in [1.82, 2.24) is 5.32 Å². The Morgan fingerprint density at radius 1 is 1.14 bits per heavy atom. The van der Waals surface area contributed by atoms with Gasteiger partial charge in [-0.15, -0.1) is 0 Å². The molecule has 0 aromatic heterocycles. The van der Waals surface area contributed by atoms with Crippen LogP contribution >= 0.6 is 0 Å². The molecule has 116 valence electrons. The molecule has 3 rings (SSSR count). The third-order valence-corrected chi connectivity index (χ3v) is 5.17. The first kappa shape index (κ1) is 14.9. The molecule has 0 heterocycles. The lowest BCUT2D eigenvalue weighted by Gasteiger charge is -2.31. The number of fused-ring (bicyclic) bond motifs is 1. The summed E-state index contributed by atoms with van der Waals surface area (Å²) in [6.07, 6.45) is 9.23. The van der Waals surface area contributed by atoms with Crippen LogP contribution in [0, 0.1) is 5.92 Å². The van der Waals surface area contributed by atoms with Crippen molar-refractivity contribution in [3.8, 4) is 5.75 Å². The lowest BCUT2D eigenvalue weighted by atomic mass is 9.86. The molecule has 1 unspecified atom stereocenters. The van der Waals surface area contributed by atoms with E-state index in [9.17, 15) is 0 Å². The fourth-order valence-corrected chi connectivity index (χ4v) is 3.91. The third-order valence-electron chi connectivity index (χ3n) is 5.17. The second-order valence-corrected chi connectivity index (χ2v) is 6.83. The van der Waals surface area contributed by atoms with Crippen molar-refractivity contribution in [3.63, 3.8) is 0 Å². The summed E-state index contributed by atoms with van der Waals surface area (Å²) in [5, 5.41) is 3.62. The predicted octanol–water partition coefficient (Wildman–Crippen LogP) is 4.63. The number of hydrogen-bond acceptors (Lipinski definition) is 2. The highest BCUT2D eigenvalue weighted by molar-refractivity contribution is 5.43. The molecule has 0 amide bonds. The minimum absolute atomic E-state index is 0.437. The van der Waals surface area contributed by atoms with Crippen LogP contribution in [0.4, 0.5) is 0 Å². The van der Waals surface area contributed by atoms with E-state index in [1.807, 2.05) is 0 Å². The summed E-state index contributed by atoms with van der Waals surface area (Å²) in [4.78, 5) is 0. The topological polar surface area (TPSA) is 21.3 Å². The van der Waals surface area contributed by atoms with Crippen molar-refractivity contribution < 1.29 is 4.74 Å². The van der Waals surface area contributed by atoms with E-state index in [0.29, 0.717) is 12.1 Å². The Bertz CT molecular complexity index is 463. The van der Waals surface area contributed by atoms with Crippen molar-refractivity contribution >= 4 is 0 Å². The fraction of sp³-hybridized carbons (Fsp3) is 0.684. The molecule has 2 heteroatoms. The van der Waals surface area contributed by atoms with Crippen molar-refractivity contribution in [2.75, 3.05) is 6.54 Å². The zero-order valence-electron chi connectivity index (χ0n) is 13.5. The van der Waals surface area contributed by atoms with Gasteiger partial charge in [0.1, 0.15) is 5.75 Å². The van der Waals surface area contributed by atoms with Crippen LogP contribution in [0.1, 0.15) is 69.5 Å². The van der Waals surface area contributed by atoms with E-state index in [-0.39, 0.29) is 0 Å². The average Bonchev–Trinajstić information content (AvgIpc) is 2.51. The minimum atomic E-state index is 0.437. The molecule has 2 aliphatic carbocycles. The second-order valence-electron chi connectivity index (χ2n) is 6.83. The van der Waals surface area contributed by atoms with Gasteiger partial charge in [0.2, 0.25) is 0 Å². The molecular formula is C19H29NO. The molecular weight excluding hydrogens is 258 g/mol. The van der Waals surface area contributed by atoms with Crippen molar-refractivity contribution in [1.29, 1.82) is 0 Å². The number of rotatable bonds is 4. The quantitative estimate of drug-likeness (QED) is 0.871. The SMILES string of the molecule is CCNC1CCCc2c(OC3CCC(C)CC3)cccc21. The molecule has 1 saturated carbocycles. The molecule has 0 saturated heterocycles. The summed E-state index contributed by atoms with van der Waals surface area (Å²) in [6.45, 7) is 5.59. The van der Waals surface area contributed by atoms with Gasteiger partial charge in [-0.05, 0) is 74.6 Å². The summed E-state index contributed by atoms with van der Waals surface area (Å²) >= 11 is 0. The molecule has 21 heavy (non-hydrogen) atoms. The Kier molecular flexibility index (Phi) is 4.84. The van der Waals surface area contributed by atoms with E-state index in [0.717, 1.165) is 18.2 Å². The van der Waals surface area contributed by atoms with E-state index in [2.05, 4.69) is 37.4 Å². The zero-order chi connectivity index (χ0) is 14.7. The standard InChI is InChI=1S/C19H29NO/c1-3-20-18-8-4-7-17-16(18)6-5-9-19(17)21-15-12-10-14(2)11-13-15/h5-6,9,14-15,18,20H,3-4,7-8,10-13H2,1-2H3. The molecule has 1 atom stereocenters. The third kappa shape index (κ3) is 3.42. The lowest BCUT2D eigenvalue weighted by molar-refractivity contribution is 0.133. The number of hydrogen-bond donors (Lipinski definition) is 1. The van der Waals surface area contributed by atoms with Crippen LogP contribution in [0.25, 0.3) is 0 Å². The van der Waals surface area contributed by atoms with Gasteiger partial charge in [0.15, 0.2) is 0 Å². The Labute approximate surface area is 129 Å². The number of benzene rings is 1. The second kappa shape index (κ2) is 6.83. The zero-order valence-corrected chi connectivity index (χ0v) is 13.5. The van der Waals surface area contributed by atoms with Gasteiger partial charge in [-0.1, -0.05) is 26.0 Å². The molecule has 1 aromatic rings. The van der Waals surface area contributed by atoms with Gasteiger partial charge in [-0.2, -0.15) is 0 Å². The molecule has 1 N–H and O–H groups in total. The molecule has 0 aliphatic heterocycles. The van der Waals surface area contributed by atoms with E-state index >= 15 is 0 Å². The van der Waals surface area contributed by atoms with Crippen LogP contribution in [0.5, 0.6) is 5.75 Å². The highest BCUT2D eigenvalue weighted by atomic mass is 16.5. The monoisotopic (exact) mass is 287 g/mol. The Balaban J connectivity index is 1.75. The van der Waals surface area contributed by atoms with E-state index in [1.165, 1.54) is 56.1 Å². The summed E-state index contributed by atoms with van der Waals surface area (Å²) in [6, 6.07) is 7.17. The summed E-state index contributed by atoms with van der Waals surface area (Å²) in [5.41, 5.74) is 2.94. The average molecular weight is 287 g/mol. The molecule has 2 aliphatic rings. The first-order valence-electron chi connectivity index (χ1n) is 8.79. The van der Waals surface area contributed by atoms with Crippen LogP contribution in [0.3, 0.4) is 0 Å². The Hall–Kier alpha value is -1.02. The normalized spacial score (nSPS) is 29.0.